The molecule has 0 saturated heterocycles. The maximum atomic E-state index is 12.1. The molecule has 1 N–H and O–H groups in total. The van der Waals surface area contributed by atoms with Gasteiger partial charge in [-0.05, 0) is 18.2 Å². The van der Waals surface area contributed by atoms with Crippen LogP contribution in [0.2, 0.25) is 0 Å². The van der Waals surface area contributed by atoms with Gasteiger partial charge < -0.3 is 9.11 Å². The topological polar surface area (TPSA) is 152 Å². The SMILES string of the molecule is CC(C)(C)c1cc(=O)n(-c2cc(S(=O)(=O)[O-])ccc2S(=O)(=O)[O-])[nH]1.[Na+].[Na+]. The molecule has 0 atom stereocenters. The maximum absolute atomic E-state index is 12.1. The Labute approximate surface area is 195 Å². The number of H-pyrrole nitrogens is 1. The van der Waals surface area contributed by atoms with Crippen LogP contribution < -0.4 is 64.7 Å². The van der Waals surface area contributed by atoms with E-state index in [1.54, 1.807) is 20.8 Å². The third kappa shape index (κ3) is 5.77. The molecule has 1 aromatic carbocycles. The number of aromatic nitrogens is 2. The van der Waals surface area contributed by atoms with E-state index in [1.165, 1.54) is 6.07 Å². The minimum Gasteiger partial charge on any atom is -0.744 e. The molecule has 1 heterocycles. The van der Waals surface area contributed by atoms with Crippen molar-refractivity contribution >= 4 is 20.2 Å². The second-order valence-corrected chi connectivity index (χ2v) is 8.86. The van der Waals surface area contributed by atoms with Gasteiger partial charge in [0.15, 0.2) is 0 Å². The zero-order valence-electron chi connectivity index (χ0n) is 14.9. The largest absolute Gasteiger partial charge is 1.00 e. The predicted octanol–water partition coefficient (Wildman–Crippen LogP) is -5.72. The van der Waals surface area contributed by atoms with Crippen LogP contribution in [0.25, 0.3) is 5.69 Å². The predicted molar refractivity (Wildman–Crippen MR) is 81.0 cm³/mol. The van der Waals surface area contributed by atoms with Gasteiger partial charge >= 0.3 is 59.1 Å². The van der Waals surface area contributed by atoms with Gasteiger partial charge in [-0.25, -0.2) is 21.5 Å². The molecule has 0 amide bonds. The Morgan fingerprint density at radius 3 is 1.88 bits per heavy atom. The van der Waals surface area contributed by atoms with Crippen molar-refractivity contribution in [1.82, 2.24) is 9.78 Å². The van der Waals surface area contributed by atoms with Crippen molar-refractivity contribution in [2.75, 3.05) is 0 Å². The van der Waals surface area contributed by atoms with Gasteiger partial charge in [0.25, 0.3) is 5.56 Å². The van der Waals surface area contributed by atoms with Gasteiger partial charge in [0.1, 0.15) is 20.2 Å². The zero-order chi connectivity index (χ0) is 18.5. The number of nitrogens with one attached hydrogen (secondary N) is 1. The van der Waals surface area contributed by atoms with E-state index in [4.69, 9.17) is 0 Å². The van der Waals surface area contributed by atoms with E-state index in [9.17, 15) is 30.7 Å². The Morgan fingerprint density at radius 2 is 1.50 bits per heavy atom. The zero-order valence-corrected chi connectivity index (χ0v) is 20.6. The monoisotopic (exact) mass is 420 g/mol. The summed E-state index contributed by atoms with van der Waals surface area (Å²) >= 11 is 0. The summed E-state index contributed by atoms with van der Waals surface area (Å²) in [5, 5.41) is 2.63. The van der Waals surface area contributed by atoms with Gasteiger partial charge in [-0.3, -0.25) is 9.89 Å². The molecular weight excluding hydrogens is 406 g/mol. The summed E-state index contributed by atoms with van der Waals surface area (Å²) in [6.07, 6.45) is 0. The van der Waals surface area contributed by atoms with Crippen LogP contribution in [0.1, 0.15) is 26.5 Å². The first-order valence-corrected chi connectivity index (χ1v) is 9.42. The molecule has 13 heteroatoms. The Morgan fingerprint density at radius 1 is 0.962 bits per heavy atom. The molecule has 1 aromatic heterocycles. The second-order valence-electron chi connectivity index (χ2n) is 6.13. The van der Waals surface area contributed by atoms with Crippen molar-refractivity contribution in [2.24, 2.45) is 0 Å². The van der Waals surface area contributed by atoms with E-state index < -0.39 is 46.7 Å². The average Bonchev–Trinajstić information content (AvgIpc) is 2.78. The normalized spacial score (nSPS) is 12.2. The number of aromatic amines is 1. The smallest absolute Gasteiger partial charge is 0.744 e. The molecule has 0 unspecified atom stereocenters. The van der Waals surface area contributed by atoms with E-state index >= 15 is 0 Å². The molecule has 0 fully saturated rings. The van der Waals surface area contributed by atoms with E-state index in [-0.39, 0.29) is 59.1 Å². The molecule has 0 aliphatic carbocycles. The average molecular weight is 420 g/mol. The van der Waals surface area contributed by atoms with Gasteiger partial charge in [0, 0.05) is 17.2 Å². The summed E-state index contributed by atoms with van der Waals surface area (Å²) in [7, 11) is -9.92. The Bertz CT molecular complexity index is 1060. The van der Waals surface area contributed by atoms with Crippen LogP contribution in [0, 0.1) is 0 Å². The first-order chi connectivity index (χ1) is 10.7. The van der Waals surface area contributed by atoms with Gasteiger partial charge in [-0.2, -0.15) is 0 Å². The number of hydrogen-bond acceptors (Lipinski definition) is 7. The molecule has 132 valence electrons. The molecule has 0 aliphatic rings. The van der Waals surface area contributed by atoms with E-state index in [0.717, 1.165) is 4.68 Å². The van der Waals surface area contributed by atoms with Gasteiger partial charge in [-0.15, -0.1) is 0 Å². The third-order valence-corrected chi connectivity index (χ3v) is 4.97. The van der Waals surface area contributed by atoms with E-state index in [1.807, 2.05) is 0 Å². The van der Waals surface area contributed by atoms with Crippen molar-refractivity contribution in [3.05, 3.63) is 40.3 Å². The second kappa shape index (κ2) is 8.60. The van der Waals surface area contributed by atoms with Crippen molar-refractivity contribution < 1.29 is 85.1 Å². The first kappa shape index (κ1) is 26.1. The van der Waals surface area contributed by atoms with Gasteiger partial charge in [-0.1, -0.05) is 20.8 Å². The summed E-state index contributed by atoms with van der Waals surface area (Å²) in [4.78, 5) is 10.6. The Balaban J connectivity index is 0.00000312. The van der Waals surface area contributed by atoms with E-state index in [0.29, 0.717) is 23.9 Å². The summed E-state index contributed by atoms with van der Waals surface area (Å²) in [6, 6.07) is 3.26. The van der Waals surface area contributed by atoms with Crippen molar-refractivity contribution in [2.45, 2.75) is 36.0 Å². The molecule has 26 heavy (non-hydrogen) atoms. The van der Waals surface area contributed by atoms with Gasteiger partial charge in [0.2, 0.25) is 0 Å². The maximum Gasteiger partial charge on any atom is 1.00 e. The summed E-state index contributed by atoms with van der Waals surface area (Å²) in [6.45, 7) is 5.35. The molecule has 2 rings (SSSR count). The number of rotatable bonds is 3. The van der Waals surface area contributed by atoms with Crippen LogP contribution in [0.4, 0.5) is 0 Å². The van der Waals surface area contributed by atoms with Gasteiger partial charge in [0.05, 0.1) is 15.5 Å². The molecule has 2 aromatic rings. The third-order valence-electron chi connectivity index (χ3n) is 3.26. The van der Waals surface area contributed by atoms with Crippen LogP contribution in [0.5, 0.6) is 0 Å². The molecule has 0 spiro atoms. The quantitative estimate of drug-likeness (QED) is 0.384. The fourth-order valence-corrected chi connectivity index (χ4v) is 3.13. The number of nitrogens with zero attached hydrogens (tertiary/aromatic N) is 1. The summed E-state index contributed by atoms with van der Waals surface area (Å²) in [5.74, 6) is 0. The minimum atomic E-state index is -5.01. The van der Waals surface area contributed by atoms with Crippen LogP contribution in [0.3, 0.4) is 0 Å². The minimum absolute atomic E-state index is 0. The van der Waals surface area contributed by atoms with Crippen molar-refractivity contribution in [3.63, 3.8) is 0 Å². The summed E-state index contributed by atoms with van der Waals surface area (Å²) in [5.41, 5.74) is -1.30. The van der Waals surface area contributed by atoms with E-state index in [2.05, 4.69) is 5.10 Å². The molecule has 0 aliphatic heterocycles. The van der Waals surface area contributed by atoms with Crippen molar-refractivity contribution in [3.8, 4) is 5.69 Å². The fourth-order valence-electron chi connectivity index (χ4n) is 2.00. The Hall–Kier alpha value is 0.0500. The van der Waals surface area contributed by atoms with Crippen molar-refractivity contribution in [1.29, 1.82) is 0 Å². The molecule has 0 saturated carbocycles. The molecule has 0 radical (unpaired) electrons. The standard InChI is InChI=1S/C13H16N2O7S2.2Na/c1-13(2,3)11-7-12(16)15(14-11)9-6-8(23(17,18)19)4-5-10(9)24(20,21)22;;/h4-7,14H,1-3H3,(H,17,18,19)(H,20,21,22);;/q;2*+1/p-2. The fraction of sp³-hybridized carbons (Fsp3) is 0.308. The molecule has 0 bridgehead atoms. The number of benzene rings is 1. The Kier molecular flexibility index (Phi) is 8.61. The van der Waals surface area contributed by atoms with Crippen LogP contribution in [-0.4, -0.2) is 35.7 Å². The van der Waals surface area contributed by atoms with Crippen LogP contribution >= 0.6 is 0 Å². The van der Waals surface area contributed by atoms with Crippen LogP contribution in [0.15, 0.2) is 38.9 Å². The summed E-state index contributed by atoms with van der Waals surface area (Å²) < 4.78 is 68.3. The first-order valence-electron chi connectivity index (χ1n) is 6.60. The number of hydrogen-bond donors (Lipinski definition) is 1. The molecule has 9 nitrogen and oxygen atoms in total. The van der Waals surface area contributed by atoms with Crippen LogP contribution in [-0.2, 0) is 25.7 Å². The molecular formula is C13H14N2Na2O7S2.